The molecule has 0 amide bonds. The first-order chi connectivity index (χ1) is 8.72. The van der Waals surface area contributed by atoms with E-state index in [0.29, 0.717) is 0 Å². The maximum atomic E-state index is 6.16. The number of hydrogen-bond donors (Lipinski definition) is 1. The fraction of sp³-hybridized carbons (Fsp3) is 0.538. The lowest BCUT2D eigenvalue weighted by molar-refractivity contribution is 0.218. The van der Waals surface area contributed by atoms with Crippen LogP contribution in [-0.4, -0.2) is 39.4 Å². The zero-order chi connectivity index (χ0) is 13.4. The van der Waals surface area contributed by atoms with E-state index in [1.807, 2.05) is 18.2 Å². The fourth-order valence-electron chi connectivity index (χ4n) is 1.57. The molecule has 1 atom stereocenters. The van der Waals surface area contributed by atoms with Crippen molar-refractivity contribution < 1.29 is 14.2 Å². The van der Waals surface area contributed by atoms with Gasteiger partial charge in [-0.25, -0.2) is 0 Å². The number of thioether (sulfide) groups is 1. The zero-order valence-corrected chi connectivity index (χ0v) is 12.0. The van der Waals surface area contributed by atoms with E-state index in [-0.39, 0.29) is 6.04 Å². The van der Waals surface area contributed by atoms with Crippen molar-refractivity contribution in [2.75, 3.05) is 39.4 Å². The summed E-state index contributed by atoms with van der Waals surface area (Å²) < 4.78 is 15.5. The summed E-state index contributed by atoms with van der Waals surface area (Å²) in [4.78, 5) is 0. The summed E-state index contributed by atoms with van der Waals surface area (Å²) in [6.45, 7) is 0.747. The highest BCUT2D eigenvalue weighted by atomic mass is 32.2. The Morgan fingerprint density at radius 3 is 2.61 bits per heavy atom. The minimum atomic E-state index is -0.0484. The first-order valence-corrected chi connectivity index (χ1v) is 6.92. The molecule has 0 aliphatic carbocycles. The molecule has 0 saturated heterocycles. The van der Waals surface area contributed by atoms with Crippen molar-refractivity contribution in [2.45, 2.75) is 6.04 Å². The minimum Gasteiger partial charge on any atom is -0.497 e. The Bertz CT molecular complexity index is 360. The molecule has 0 fully saturated rings. The van der Waals surface area contributed by atoms with Crippen LogP contribution >= 0.6 is 11.8 Å². The predicted octanol–water partition coefficient (Wildman–Crippen LogP) is 2.08. The minimum absolute atomic E-state index is 0.0484. The van der Waals surface area contributed by atoms with Gasteiger partial charge >= 0.3 is 0 Å². The Labute approximate surface area is 113 Å². The largest absolute Gasteiger partial charge is 0.497 e. The fourth-order valence-corrected chi connectivity index (χ4v) is 2.45. The number of methoxy groups -OCH3 is 3. The average molecular weight is 271 g/mol. The van der Waals surface area contributed by atoms with Gasteiger partial charge < -0.3 is 19.9 Å². The quantitative estimate of drug-likeness (QED) is 0.734. The maximum Gasteiger partial charge on any atom is 0.127 e. The van der Waals surface area contributed by atoms with E-state index >= 15 is 0 Å². The molecular formula is C13H21NO3S. The van der Waals surface area contributed by atoms with Gasteiger partial charge in [0.25, 0.3) is 0 Å². The number of hydrogen-bond acceptors (Lipinski definition) is 5. The van der Waals surface area contributed by atoms with E-state index in [4.69, 9.17) is 19.9 Å². The molecule has 0 aromatic heterocycles. The standard InChI is InChI=1S/C13H21NO3S/c1-15-6-7-18-9-12(14)11-5-4-10(16-2)8-13(11)17-3/h4-5,8,12H,6-7,9,14H2,1-3H3. The van der Waals surface area contributed by atoms with Crippen LogP contribution in [0.2, 0.25) is 0 Å². The van der Waals surface area contributed by atoms with Gasteiger partial charge in [0.05, 0.1) is 20.8 Å². The maximum absolute atomic E-state index is 6.16. The third kappa shape index (κ3) is 4.40. The highest BCUT2D eigenvalue weighted by Crippen LogP contribution is 2.29. The van der Waals surface area contributed by atoms with E-state index in [1.165, 1.54) is 0 Å². The Kier molecular flexibility index (Phi) is 6.93. The average Bonchev–Trinajstić information content (AvgIpc) is 2.42. The Morgan fingerprint density at radius 2 is 2.00 bits per heavy atom. The summed E-state index contributed by atoms with van der Waals surface area (Å²) in [6, 6.07) is 5.67. The Balaban J connectivity index is 2.63. The van der Waals surface area contributed by atoms with Crippen molar-refractivity contribution >= 4 is 11.8 Å². The van der Waals surface area contributed by atoms with Gasteiger partial charge in [-0.05, 0) is 6.07 Å². The molecule has 1 unspecified atom stereocenters. The molecule has 1 aromatic carbocycles. The Morgan fingerprint density at radius 1 is 1.22 bits per heavy atom. The SMILES string of the molecule is COCCSCC(N)c1ccc(OC)cc1OC. The van der Waals surface area contributed by atoms with E-state index in [2.05, 4.69) is 0 Å². The van der Waals surface area contributed by atoms with Crippen molar-refractivity contribution in [3.8, 4) is 11.5 Å². The second kappa shape index (κ2) is 8.24. The normalized spacial score (nSPS) is 12.2. The summed E-state index contributed by atoms with van der Waals surface area (Å²) in [7, 11) is 4.98. The van der Waals surface area contributed by atoms with Crippen LogP contribution in [0.15, 0.2) is 18.2 Å². The van der Waals surface area contributed by atoms with Gasteiger partial charge in [-0.15, -0.1) is 0 Å². The van der Waals surface area contributed by atoms with Crippen molar-refractivity contribution in [3.63, 3.8) is 0 Å². The van der Waals surface area contributed by atoms with E-state index in [1.54, 1.807) is 33.1 Å². The molecule has 4 nitrogen and oxygen atoms in total. The van der Waals surface area contributed by atoms with Gasteiger partial charge in [0.15, 0.2) is 0 Å². The monoisotopic (exact) mass is 271 g/mol. The molecule has 0 spiro atoms. The van der Waals surface area contributed by atoms with Crippen molar-refractivity contribution in [2.24, 2.45) is 5.73 Å². The predicted molar refractivity (Wildman–Crippen MR) is 75.7 cm³/mol. The molecular weight excluding hydrogens is 250 g/mol. The van der Waals surface area contributed by atoms with Gasteiger partial charge in [0.1, 0.15) is 11.5 Å². The van der Waals surface area contributed by atoms with Crippen LogP contribution in [0.25, 0.3) is 0 Å². The van der Waals surface area contributed by atoms with Crippen LogP contribution in [0.1, 0.15) is 11.6 Å². The van der Waals surface area contributed by atoms with E-state index < -0.39 is 0 Å². The van der Waals surface area contributed by atoms with Crippen molar-refractivity contribution in [3.05, 3.63) is 23.8 Å². The molecule has 0 heterocycles. The third-order valence-electron chi connectivity index (χ3n) is 2.57. The lowest BCUT2D eigenvalue weighted by atomic mass is 10.1. The molecule has 18 heavy (non-hydrogen) atoms. The molecule has 2 N–H and O–H groups in total. The van der Waals surface area contributed by atoms with Gasteiger partial charge in [0, 0.05) is 36.3 Å². The molecule has 5 heteroatoms. The lowest BCUT2D eigenvalue weighted by Crippen LogP contribution is -2.15. The highest BCUT2D eigenvalue weighted by Gasteiger charge is 2.12. The van der Waals surface area contributed by atoms with Crippen LogP contribution in [0.5, 0.6) is 11.5 Å². The second-order valence-electron chi connectivity index (χ2n) is 3.78. The van der Waals surface area contributed by atoms with Gasteiger partial charge in [-0.2, -0.15) is 11.8 Å². The van der Waals surface area contributed by atoms with Gasteiger partial charge in [0.2, 0.25) is 0 Å². The molecule has 1 rings (SSSR count). The molecule has 102 valence electrons. The lowest BCUT2D eigenvalue weighted by Gasteiger charge is -2.16. The zero-order valence-electron chi connectivity index (χ0n) is 11.1. The number of ether oxygens (including phenoxy) is 3. The summed E-state index contributed by atoms with van der Waals surface area (Å²) >= 11 is 1.77. The van der Waals surface area contributed by atoms with Crippen LogP contribution in [0.4, 0.5) is 0 Å². The number of nitrogens with two attached hydrogens (primary N) is 1. The molecule has 0 radical (unpaired) electrons. The van der Waals surface area contributed by atoms with Crippen molar-refractivity contribution in [1.82, 2.24) is 0 Å². The van der Waals surface area contributed by atoms with Crippen molar-refractivity contribution in [1.29, 1.82) is 0 Å². The van der Waals surface area contributed by atoms with Gasteiger partial charge in [-0.3, -0.25) is 0 Å². The van der Waals surface area contributed by atoms with Crippen LogP contribution in [0, 0.1) is 0 Å². The number of benzene rings is 1. The first kappa shape index (κ1) is 15.1. The smallest absolute Gasteiger partial charge is 0.127 e. The van der Waals surface area contributed by atoms with Crippen LogP contribution in [-0.2, 0) is 4.74 Å². The molecule has 0 aliphatic heterocycles. The van der Waals surface area contributed by atoms with Crippen LogP contribution in [0.3, 0.4) is 0 Å². The molecule has 0 aliphatic rings. The van der Waals surface area contributed by atoms with E-state index in [0.717, 1.165) is 35.2 Å². The molecule has 1 aromatic rings. The highest BCUT2D eigenvalue weighted by molar-refractivity contribution is 7.99. The summed E-state index contributed by atoms with van der Waals surface area (Å²) in [5, 5.41) is 0. The summed E-state index contributed by atoms with van der Waals surface area (Å²) in [5.74, 6) is 3.33. The van der Waals surface area contributed by atoms with Gasteiger partial charge in [-0.1, -0.05) is 6.07 Å². The number of rotatable bonds is 8. The van der Waals surface area contributed by atoms with E-state index in [9.17, 15) is 0 Å². The molecule has 0 saturated carbocycles. The second-order valence-corrected chi connectivity index (χ2v) is 4.93. The topological polar surface area (TPSA) is 53.7 Å². The third-order valence-corrected chi connectivity index (χ3v) is 3.62. The van der Waals surface area contributed by atoms with Crippen LogP contribution < -0.4 is 15.2 Å². The molecule has 0 bridgehead atoms. The Hall–Kier alpha value is -0.910. The summed E-state index contributed by atoms with van der Waals surface area (Å²) in [6.07, 6.45) is 0. The summed E-state index contributed by atoms with van der Waals surface area (Å²) in [5.41, 5.74) is 7.17. The first-order valence-electron chi connectivity index (χ1n) is 5.77.